The Labute approximate surface area is 233 Å². The molecule has 2 aromatic carbocycles. The number of nitrogens with zero attached hydrogens (tertiary/aromatic N) is 3. The molecule has 0 bridgehead atoms. The molecule has 0 aliphatic carbocycles. The third-order valence-corrected chi connectivity index (χ3v) is 6.24. The van der Waals surface area contributed by atoms with Gasteiger partial charge < -0.3 is 16.0 Å². The zero-order valence-corrected chi connectivity index (χ0v) is 22.8. The second-order valence-corrected chi connectivity index (χ2v) is 10.2. The quantitative estimate of drug-likeness (QED) is 0.195. The van der Waals surface area contributed by atoms with E-state index in [2.05, 4.69) is 39.8 Å². The molecule has 0 saturated heterocycles. The minimum absolute atomic E-state index is 0.127. The monoisotopic (exact) mass is 548 g/mol. The standard InChI is InChI=1S/C29H30Cl2N6O/c1-19(2)13-26(28(38)34-16-20-8-10-23(30)11-9-20)36-29-35-25(22-6-4-12-32-18-22)15-27(37-29)33-17-21-5-3-7-24(31)14-21/h3-12,14-15,18-19,26H,13,16-17H2,1-2H3,(H,34,38)(H2,33,35,36,37). The summed E-state index contributed by atoms with van der Waals surface area (Å²) in [7, 11) is 0. The molecule has 196 valence electrons. The van der Waals surface area contributed by atoms with Crippen molar-refractivity contribution in [3.05, 3.63) is 100 Å². The summed E-state index contributed by atoms with van der Waals surface area (Å²) in [6.45, 7) is 5.08. The molecule has 0 radical (unpaired) electrons. The van der Waals surface area contributed by atoms with E-state index in [0.29, 0.717) is 47.0 Å². The Balaban J connectivity index is 1.55. The summed E-state index contributed by atoms with van der Waals surface area (Å²) in [5.74, 6) is 1.12. The Hall–Kier alpha value is -3.68. The highest BCUT2D eigenvalue weighted by molar-refractivity contribution is 6.30. The molecular weight excluding hydrogens is 519 g/mol. The van der Waals surface area contributed by atoms with Gasteiger partial charge in [-0.15, -0.1) is 0 Å². The molecule has 0 saturated carbocycles. The highest BCUT2D eigenvalue weighted by Gasteiger charge is 2.21. The van der Waals surface area contributed by atoms with Crippen LogP contribution in [0.2, 0.25) is 10.0 Å². The summed E-state index contributed by atoms with van der Waals surface area (Å²) < 4.78 is 0. The Morgan fingerprint density at radius 3 is 2.42 bits per heavy atom. The van der Waals surface area contributed by atoms with E-state index < -0.39 is 6.04 Å². The number of rotatable bonds is 11. The third kappa shape index (κ3) is 8.16. The van der Waals surface area contributed by atoms with E-state index in [4.69, 9.17) is 28.2 Å². The van der Waals surface area contributed by atoms with Crippen molar-refractivity contribution in [1.82, 2.24) is 20.3 Å². The van der Waals surface area contributed by atoms with Crippen LogP contribution in [0, 0.1) is 5.92 Å². The van der Waals surface area contributed by atoms with Gasteiger partial charge in [0.2, 0.25) is 11.9 Å². The van der Waals surface area contributed by atoms with Crippen LogP contribution in [-0.4, -0.2) is 26.9 Å². The molecule has 4 aromatic rings. The molecule has 4 rings (SSSR count). The van der Waals surface area contributed by atoms with E-state index in [1.54, 1.807) is 12.4 Å². The Morgan fingerprint density at radius 2 is 1.71 bits per heavy atom. The van der Waals surface area contributed by atoms with Gasteiger partial charge >= 0.3 is 0 Å². The number of aromatic nitrogens is 3. The summed E-state index contributed by atoms with van der Waals surface area (Å²) in [5.41, 5.74) is 3.52. The molecule has 0 aliphatic heterocycles. The third-order valence-electron chi connectivity index (χ3n) is 5.75. The van der Waals surface area contributed by atoms with E-state index in [1.165, 1.54) is 0 Å². The van der Waals surface area contributed by atoms with Crippen molar-refractivity contribution in [2.45, 2.75) is 39.4 Å². The largest absolute Gasteiger partial charge is 0.366 e. The first-order chi connectivity index (χ1) is 18.4. The van der Waals surface area contributed by atoms with Crippen molar-refractivity contribution < 1.29 is 4.79 Å². The van der Waals surface area contributed by atoms with Crippen molar-refractivity contribution in [2.24, 2.45) is 5.92 Å². The molecule has 0 fully saturated rings. The van der Waals surface area contributed by atoms with Crippen LogP contribution in [0.5, 0.6) is 0 Å². The maximum absolute atomic E-state index is 13.2. The second kappa shape index (κ2) is 13.2. The summed E-state index contributed by atoms with van der Waals surface area (Å²) >= 11 is 12.1. The number of hydrogen-bond donors (Lipinski definition) is 3. The SMILES string of the molecule is CC(C)CC(Nc1nc(NCc2cccc(Cl)c2)cc(-c2cccnc2)n1)C(=O)NCc1ccc(Cl)cc1. The first-order valence-electron chi connectivity index (χ1n) is 12.4. The molecule has 0 spiro atoms. The zero-order valence-electron chi connectivity index (χ0n) is 21.3. The number of carbonyl (C=O) groups excluding carboxylic acids is 1. The number of halogens is 2. The van der Waals surface area contributed by atoms with E-state index in [9.17, 15) is 4.79 Å². The molecule has 0 aliphatic rings. The van der Waals surface area contributed by atoms with Gasteiger partial charge in [0.25, 0.3) is 0 Å². The van der Waals surface area contributed by atoms with E-state index in [0.717, 1.165) is 16.7 Å². The maximum Gasteiger partial charge on any atom is 0.242 e. The van der Waals surface area contributed by atoms with Gasteiger partial charge in [-0.25, -0.2) is 4.98 Å². The van der Waals surface area contributed by atoms with Crippen molar-refractivity contribution >= 4 is 40.9 Å². The molecule has 3 N–H and O–H groups in total. The van der Waals surface area contributed by atoms with Crippen LogP contribution >= 0.6 is 23.2 Å². The van der Waals surface area contributed by atoms with Crippen LogP contribution in [0.15, 0.2) is 79.1 Å². The molecular formula is C29H30Cl2N6O. The van der Waals surface area contributed by atoms with E-state index >= 15 is 0 Å². The molecule has 9 heteroatoms. The average molecular weight is 550 g/mol. The van der Waals surface area contributed by atoms with Gasteiger partial charge in [-0.05, 0) is 59.9 Å². The second-order valence-electron chi connectivity index (χ2n) is 9.36. The molecule has 38 heavy (non-hydrogen) atoms. The van der Waals surface area contributed by atoms with Gasteiger partial charge in [0, 0.05) is 47.2 Å². The topological polar surface area (TPSA) is 91.8 Å². The van der Waals surface area contributed by atoms with E-state index in [1.807, 2.05) is 66.7 Å². The van der Waals surface area contributed by atoms with Crippen molar-refractivity contribution in [3.8, 4) is 11.3 Å². The molecule has 2 aromatic heterocycles. The zero-order chi connectivity index (χ0) is 26.9. The normalized spacial score (nSPS) is 11.7. The predicted octanol–water partition coefficient (Wildman–Crippen LogP) is 6.60. The van der Waals surface area contributed by atoms with Gasteiger partial charge in [-0.1, -0.05) is 61.3 Å². The van der Waals surface area contributed by atoms with E-state index in [-0.39, 0.29) is 11.8 Å². The fraction of sp³-hybridized carbons (Fsp3) is 0.241. The lowest BCUT2D eigenvalue weighted by atomic mass is 10.0. The first kappa shape index (κ1) is 27.4. The number of pyridine rings is 1. The Kier molecular flexibility index (Phi) is 9.51. The van der Waals surface area contributed by atoms with Crippen molar-refractivity contribution in [2.75, 3.05) is 10.6 Å². The van der Waals surface area contributed by atoms with Gasteiger partial charge in [0.05, 0.1) is 5.69 Å². The van der Waals surface area contributed by atoms with Gasteiger partial charge in [0.15, 0.2) is 0 Å². The number of nitrogens with one attached hydrogen (secondary N) is 3. The fourth-order valence-corrected chi connectivity index (χ4v) is 4.22. The lowest BCUT2D eigenvalue weighted by Gasteiger charge is -2.21. The average Bonchev–Trinajstić information content (AvgIpc) is 2.91. The molecule has 1 amide bonds. The van der Waals surface area contributed by atoms with Crippen LogP contribution < -0.4 is 16.0 Å². The van der Waals surface area contributed by atoms with Crippen LogP contribution in [-0.2, 0) is 17.9 Å². The number of anilines is 2. The molecule has 1 atom stereocenters. The summed E-state index contributed by atoms with van der Waals surface area (Å²) in [4.78, 5) is 26.8. The summed E-state index contributed by atoms with van der Waals surface area (Å²) in [6, 6.07) is 20.2. The number of amides is 1. The molecule has 1 unspecified atom stereocenters. The predicted molar refractivity (Wildman–Crippen MR) is 154 cm³/mol. The molecule has 7 nitrogen and oxygen atoms in total. The van der Waals surface area contributed by atoms with Crippen LogP contribution in [0.25, 0.3) is 11.3 Å². The minimum atomic E-state index is -0.521. The highest BCUT2D eigenvalue weighted by atomic mass is 35.5. The van der Waals surface area contributed by atoms with Crippen LogP contribution in [0.4, 0.5) is 11.8 Å². The highest BCUT2D eigenvalue weighted by Crippen LogP contribution is 2.23. The van der Waals surface area contributed by atoms with Crippen molar-refractivity contribution in [1.29, 1.82) is 0 Å². The fourth-order valence-electron chi connectivity index (χ4n) is 3.88. The van der Waals surface area contributed by atoms with Crippen molar-refractivity contribution in [3.63, 3.8) is 0 Å². The summed E-state index contributed by atoms with van der Waals surface area (Å²) in [6.07, 6.45) is 4.07. The smallest absolute Gasteiger partial charge is 0.242 e. The van der Waals surface area contributed by atoms with Crippen LogP contribution in [0.3, 0.4) is 0 Å². The van der Waals surface area contributed by atoms with Gasteiger partial charge in [-0.2, -0.15) is 4.98 Å². The Bertz CT molecular complexity index is 1350. The first-order valence-corrected chi connectivity index (χ1v) is 13.2. The number of benzene rings is 2. The van der Waals surface area contributed by atoms with Gasteiger partial charge in [-0.3, -0.25) is 9.78 Å². The number of hydrogen-bond acceptors (Lipinski definition) is 6. The minimum Gasteiger partial charge on any atom is -0.366 e. The van der Waals surface area contributed by atoms with Crippen LogP contribution in [0.1, 0.15) is 31.4 Å². The lowest BCUT2D eigenvalue weighted by molar-refractivity contribution is -0.122. The lowest BCUT2D eigenvalue weighted by Crippen LogP contribution is -2.40. The van der Waals surface area contributed by atoms with Gasteiger partial charge in [0.1, 0.15) is 11.9 Å². The maximum atomic E-state index is 13.2. The number of carbonyl (C=O) groups is 1. The molecule has 2 heterocycles. The summed E-state index contributed by atoms with van der Waals surface area (Å²) in [5, 5.41) is 11.0. The Morgan fingerprint density at radius 1 is 0.895 bits per heavy atom.